The van der Waals surface area contributed by atoms with Crippen molar-refractivity contribution in [3.63, 3.8) is 0 Å². The summed E-state index contributed by atoms with van der Waals surface area (Å²) >= 11 is 1.44. The summed E-state index contributed by atoms with van der Waals surface area (Å²) in [6, 6.07) is 14.2. The fraction of sp³-hybridized carbons (Fsp3) is 0.296. The highest BCUT2D eigenvalue weighted by Crippen LogP contribution is 2.45. The molecule has 2 aliphatic heterocycles. The number of nitrogens with one attached hydrogen (secondary N) is 2. The molecule has 2 N–H and O–H groups in total. The van der Waals surface area contributed by atoms with Gasteiger partial charge in [0.1, 0.15) is 11.5 Å². The van der Waals surface area contributed by atoms with Crippen LogP contribution in [0, 0.1) is 0 Å². The van der Waals surface area contributed by atoms with E-state index in [1.165, 1.54) is 11.8 Å². The summed E-state index contributed by atoms with van der Waals surface area (Å²) < 4.78 is 15.7. The van der Waals surface area contributed by atoms with Gasteiger partial charge in [-0.3, -0.25) is 9.59 Å². The first-order chi connectivity index (χ1) is 17.9. The van der Waals surface area contributed by atoms with E-state index in [2.05, 4.69) is 10.6 Å². The Hall–Kier alpha value is -3.76. The molecule has 0 bridgehead atoms. The molecule has 10 heteroatoms. The largest absolute Gasteiger partial charge is 0.497 e. The number of anilines is 1. The number of aliphatic imine (C=N–C) groups is 1. The van der Waals surface area contributed by atoms with E-state index < -0.39 is 6.04 Å². The molecule has 0 aliphatic carbocycles. The van der Waals surface area contributed by atoms with Gasteiger partial charge in [-0.1, -0.05) is 23.9 Å². The van der Waals surface area contributed by atoms with Crippen molar-refractivity contribution in [3.8, 4) is 11.5 Å². The van der Waals surface area contributed by atoms with Crippen molar-refractivity contribution >= 4 is 34.4 Å². The Kier molecular flexibility index (Phi) is 8.52. The molecule has 2 amide bonds. The number of carbonyl (C=O) groups is 2. The maximum absolute atomic E-state index is 13.7. The van der Waals surface area contributed by atoms with Crippen molar-refractivity contribution < 1.29 is 23.8 Å². The summed E-state index contributed by atoms with van der Waals surface area (Å²) in [7, 11) is 4.78. The number of methoxy groups -OCH3 is 3. The van der Waals surface area contributed by atoms with Gasteiger partial charge in [-0.2, -0.15) is 0 Å². The minimum Gasteiger partial charge on any atom is -0.497 e. The Balaban J connectivity index is 1.68. The lowest BCUT2D eigenvalue weighted by Gasteiger charge is -2.36. The maximum atomic E-state index is 13.7. The van der Waals surface area contributed by atoms with Gasteiger partial charge in [0.15, 0.2) is 5.17 Å². The molecule has 194 valence electrons. The van der Waals surface area contributed by atoms with Crippen LogP contribution in [-0.4, -0.2) is 56.4 Å². The molecule has 0 aromatic heterocycles. The summed E-state index contributed by atoms with van der Waals surface area (Å²) in [5, 5.41) is 8.48. The predicted molar refractivity (Wildman–Crippen MR) is 145 cm³/mol. The van der Waals surface area contributed by atoms with E-state index in [4.69, 9.17) is 19.2 Å². The highest BCUT2D eigenvalue weighted by Gasteiger charge is 2.40. The van der Waals surface area contributed by atoms with Crippen LogP contribution in [0.5, 0.6) is 11.5 Å². The number of hydrogen-bond acceptors (Lipinski definition) is 8. The predicted octanol–water partition coefficient (Wildman–Crippen LogP) is 4.07. The Labute approximate surface area is 220 Å². The van der Waals surface area contributed by atoms with Crippen LogP contribution in [0.2, 0.25) is 0 Å². The molecular formula is C27H30N4O5S. The third-order valence-corrected chi connectivity index (χ3v) is 6.86. The molecule has 2 heterocycles. The molecule has 1 atom stereocenters. The zero-order chi connectivity index (χ0) is 26.4. The second kappa shape index (κ2) is 12.0. The van der Waals surface area contributed by atoms with Crippen molar-refractivity contribution in [1.29, 1.82) is 0 Å². The Bertz CT molecular complexity index is 1260. The zero-order valence-corrected chi connectivity index (χ0v) is 22.1. The number of fused-ring (bicyclic) bond motifs is 1. The molecule has 0 saturated heterocycles. The van der Waals surface area contributed by atoms with Gasteiger partial charge >= 0.3 is 0 Å². The summed E-state index contributed by atoms with van der Waals surface area (Å²) in [6.45, 7) is 2.68. The normalized spacial score (nSPS) is 16.5. The van der Waals surface area contributed by atoms with Gasteiger partial charge in [0.05, 0.1) is 44.6 Å². The lowest BCUT2D eigenvalue weighted by atomic mass is 9.93. The van der Waals surface area contributed by atoms with E-state index in [0.717, 1.165) is 11.3 Å². The van der Waals surface area contributed by atoms with Crippen molar-refractivity contribution in [1.82, 2.24) is 10.2 Å². The van der Waals surface area contributed by atoms with Crippen LogP contribution in [0.1, 0.15) is 24.9 Å². The van der Waals surface area contributed by atoms with E-state index in [-0.39, 0.29) is 18.2 Å². The number of allylic oxidation sites excluding steroid dienone is 1. The van der Waals surface area contributed by atoms with Crippen LogP contribution in [0.3, 0.4) is 0 Å². The van der Waals surface area contributed by atoms with Gasteiger partial charge in [-0.05, 0) is 54.3 Å². The fourth-order valence-electron chi connectivity index (χ4n) is 4.18. The lowest BCUT2D eigenvalue weighted by molar-refractivity contribution is -0.120. The van der Waals surface area contributed by atoms with Crippen molar-refractivity contribution in [3.05, 3.63) is 76.5 Å². The number of amidine groups is 1. The topological polar surface area (TPSA) is 101 Å². The van der Waals surface area contributed by atoms with Gasteiger partial charge < -0.3 is 29.7 Å². The number of hydrogen-bond donors (Lipinski definition) is 2. The molecule has 0 saturated carbocycles. The number of thioether (sulfide) groups is 1. The first-order valence-electron chi connectivity index (χ1n) is 11.7. The maximum Gasteiger partial charge on any atom is 0.255 e. The molecule has 2 aliphatic rings. The number of nitrogens with zero attached hydrogens (tertiary/aromatic N) is 2. The van der Waals surface area contributed by atoms with E-state index in [1.807, 2.05) is 41.5 Å². The monoisotopic (exact) mass is 522 g/mol. The standard InChI is InChI=1S/C27H30N4O5S/c1-17-24(26(33)30-19-8-10-21(35-3)11-9-19)25(18-6-5-7-22(14-18)36-4)31-20(16-37-27(31)29-17)15-23(32)28-12-13-34-2/h5-11,14,16,25H,12-13,15H2,1-4H3,(H,28,32)(H,30,33). The van der Waals surface area contributed by atoms with Crippen molar-refractivity contribution in [2.75, 3.05) is 39.8 Å². The SMILES string of the molecule is COCCNC(=O)CC1=CSC2=NC(C)=C(C(=O)Nc3ccc(OC)cc3)C(c3cccc(OC)c3)N12. The molecule has 2 aromatic rings. The molecule has 0 spiro atoms. The molecule has 4 rings (SSSR count). The third-order valence-electron chi connectivity index (χ3n) is 5.97. The number of rotatable bonds is 10. The van der Waals surface area contributed by atoms with E-state index in [9.17, 15) is 9.59 Å². The van der Waals surface area contributed by atoms with Gasteiger partial charge in [-0.25, -0.2) is 4.99 Å². The van der Waals surface area contributed by atoms with Crippen LogP contribution < -0.4 is 20.1 Å². The fourth-order valence-corrected chi connectivity index (χ4v) is 5.14. The van der Waals surface area contributed by atoms with Crippen LogP contribution in [-0.2, 0) is 14.3 Å². The third kappa shape index (κ3) is 5.98. The van der Waals surface area contributed by atoms with E-state index in [1.54, 1.807) is 45.6 Å². The lowest BCUT2D eigenvalue weighted by Crippen LogP contribution is -2.39. The summed E-state index contributed by atoms with van der Waals surface area (Å²) in [4.78, 5) is 33.1. The molecule has 0 fully saturated rings. The summed E-state index contributed by atoms with van der Waals surface area (Å²) in [5.74, 6) is 0.954. The zero-order valence-electron chi connectivity index (χ0n) is 21.2. The van der Waals surface area contributed by atoms with Crippen molar-refractivity contribution in [2.24, 2.45) is 4.99 Å². The van der Waals surface area contributed by atoms with Crippen LogP contribution >= 0.6 is 11.8 Å². The van der Waals surface area contributed by atoms with Gasteiger partial charge in [-0.15, -0.1) is 0 Å². The smallest absolute Gasteiger partial charge is 0.255 e. The van der Waals surface area contributed by atoms with Gasteiger partial charge in [0, 0.05) is 25.0 Å². The average molecular weight is 523 g/mol. The van der Waals surface area contributed by atoms with Gasteiger partial charge in [0.25, 0.3) is 5.91 Å². The molecular weight excluding hydrogens is 492 g/mol. The number of amides is 2. The average Bonchev–Trinajstić information content (AvgIpc) is 3.30. The second-order valence-electron chi connectivity index (χ2n) is 8.37. The Morgan fingerprint density at radius 1 is 1.05 bits per heavy atom. The van der Waals surface area contributed by atoms with Crippen LogP contribution in [0.25, 0.3) is 0 Å². The van der Waals surface area contributed by atoms with E-state index >= 15 is 0 Å². The minimum atomic E-state index is -0.506. The van der Waals surface area contributed by atoms with Crippen molar-refractivity contribution in [2.45, 2.75) is 19.4 Å². The number of ether oxygens (including phenoxy) is 3. The quantitative estimate of drug-likeness (QED) is 0.454. The molecule has 1 unspecified atom stereocenters. The van der Waals surface area contributed by atoms with Gasteiger partial charge in [0.2, 0.25) is 5.91 Å². The van der Waals surface area contributed by atoms with Crippen LogP contribution in [0.4, 0.5) is 5.69 Å². The number of benzene rings is 2. The minimum absolute atomic E-state index is 0.134. The molecule has 2 aromatic carbocycles. The molecule has 0 radical (unpaired) electrons. The first kappa shape index (κ1) is 26.3. The summed E-state index contributed by atoms with van der Waals surface area (Å²) in [6.07, 6.45) is 0.141. The highest BCUT2D eigenvalue weighted by molar-refractivity contribution is 8.16. The number of carbonyl (C=O) groups excluding carboxylic acids is 2. The second-order valence-corrected chi connectivity index (χ2v) is 9.21. The summed E-state index contributed by atoms with van der Waals surface area (Å²) in [5.41, 5.74) is 3.33. The Morgan fingerprint density at radius 2 is 1.81 bits per heavy atom. The molecule has 37 heavy (non-hydrogen) atoms. The molecule has 9 nitrogen and oxygen atoms in total. The Morgan fingerprint density at radius 3 is 2.51 bits per heavy atom. The van der Waals surface area contributed by atoms with E-state index in [0.29, 0.717) is 46.8 Å². The highest BCUT2D eigenvalue weighted by atomic mass is 32.2. The van der Waals surface area contributed by atoms with Crippen LogP contribution in [0.15, 0.2) is 75.9 Å². The first-order valence-corrected chi connectivity index (χ1v) is 12.6.